The zero-order chi connectivity index (χ0) is 15.0. The first kappa shape index (κ1) is 15.6. The van der Waals surface area contributed by atoms with Gasteiger partial charge in [0.2, 0.25) is 0 Å². The van der Waals surface area contributed by atoms with Crippen molar-refractivity contribution in [1.29, 1.82) is 0 Å². The number of hydrogen-bond donors (Lipinski definition) is 1. The molecule has 0 heterocycles. The molecule has 0 spiro atoms. The minimum Gasteiger partial charge on any atom is -0.481 e. The molecule has 0 saturated heterocycles. The summed E-state index contributed by atoms with van der Waals surface area (Å²) in [4.78, 5) is 33.0. The molecule has 0 aliphatic rings. The maximum absolute atomic E-state index is 11.7. The van der Waals surface area contributed by atoms with Gasteiger partial charge < -0.3 is 9.84 Å². The lowest BCUT2D eigenvalue weighted by Gasteiger charge is -2.00. The topological polar surface area (TPSA) is 80.7 Å². The van der Waals surface area contributed by atoms with Crippen molar-refractivity contribution in [3.8, 4) is 0 Å². The van der Waals surface area contributed by atoms with E-state index in [1.165, 1.54) is 7.11 Å². The summed E-state index contributed by atoms with van der Waals surface area (Å²) in [5, 5.41) is 8.52. The molecule has 0 fully saturated rings. The molecule has 0 bridgehead atoms. The van der Waals surface area contributed by atoms with Gasteiger partial charge in [-0.3, -0.25) is 14.4 Å². The van der Waals surface area contributed by atoms with E-state index in [1.54, 1.807) is 36.4 Å². The summed E-state index contributed by atoms with van der Waals surface area (Å²) in [5.41, 5.74) is 1.33. The number of esters is 1. The second-order valence-corrected chi connectivity index (χ2v) is 4.12. The summed E-state index contributed by atoms with van der Waals surface area (Å²) >= 11 is 0. The molecular formula is C15H16O5. The summed E-state index contributed by atoms with van der Waals surface area (Å²) in [6.45, 7) is 0. The summed E-state index contributed by atoms with van der Waals surface area (Å²) in [6.07, 6.45) is 3.44. The maximum atomic E-state index is 11.7. The molecule has 0 aromatic heterocycles. The Morgan fingerprint density at radius 2 is 1.80 bits per heavy atom. The highest BCUT2D eigenvalue weighted by molar-refractivity contribution is 5.97. The van der Waals surface area contributed by atoms with Gasteiger partial charge >= 0.3 is 11.9 Å². The fraction of sp³-hybridized carbons (Fsp3) is 0.267. The van der Waals surface area contributed by atoms with Crippen molar-refractivity contribution in [3.05, 3.63) is 41.5 Å². The van der Waals surface area contributed by atoms with E-state index in [0.29, 0.717) is 5.56 Å². The lowest BCUT2D eigenvalue weighted by atomic mass is 10.0. The molecule has 1 rings (SSSR count). The number of rotatable bonds is 7. The van der Waals surface area contributed by atoms with Crippen molar-refractivity contribution in [3.63, 3.8) is 0 Å². The van der Waals surface area contributed by atoms with E-state index < -0.39 is 5.97 Å². The van der Waals surface area contributed by atoms with Gasteiger partial charge in [0.25, 0.3) is 0 Å². The minimum atomic E-state index is -0.985. The third-order valence-corrected chi connectivity index (χ3v) is 2.62. The molecule has 1 aromatic rings. The van der Waals surface area contributed by atoms with Gasteiger partial charge in [0, 0.05) is 12.0 Å². The van der Waals surface area contributed by atoms with E-state index in [-0.39, 0.29) is 31.0 Å². The molecule has 1 aromatic carbocycles. The van der Waals surface area contributed by atoms with Gasteiger partial charge in [0.05, 0.1) is 20.0 Å². The van der Waals surface area contributed by atoms with Crippen molar-refractivity contribution < 1.29 is 24.2 Å². The van der Waals surface area contributed by atoms with Crippen LogP contribution in [0.2, 0.25) is 0 Å². The molecule has 0 aliphatic carbocycles. The average molecular weight is 276 g/mol. The lowest BCUT2D eigenvalue weighted by molar-refractivity contribution is -0.139. The lowest BCUT2D eigenvalue weighted by Crippen LogP contribution is -2.03. The Kier molecular flexibility index (Phi) is 6.16. The zero-order valence-corrected chi connectivity index (χ0v) is 11.2. The van der Waals surface area contributed by atoms with Crippen LogP contribution in [0.4, 0.5) is 0 Å². The third-order valence-electron chi connectivity index (χ3n) is 2.62. The predicted molar refractivity (Wildman–Crippen MR) is 73.3 cm³/mol. The van der Waals surface area contributed by atoms with Crippen LogP contribution in [0.1, 0.15) is 35.2 Å². The SMILES string of the molecule is COC(=O)CC=Cc1ccc(C(=O)CCC(=O)O)cc1. The Bertz CT molecular complexity index is 514. The number of methoxy groups -OCH3 is 1. The number of carboxylic acid groups (broad SMARTS) is 1. The van der Waals surface area contributed by atoms with Gasteiger partial charge in [-0.2, -0.15) is 0 Å². The number of Topliss-reactive ketones (excluding diaryl/α,β-unsaturated/α-hetero) is 1. The van der Waals surface area contributed by atoms with Crippen molar-refractivity contribution in [2.45, 2.75) is 19.3 Å². The molecule has 5 nitrogen and oxygen atoms in total. The van der Waals surface area contributed by atoms with Crippen molar-refractivity contribution in [2.75, 3.05) is 7.11 Å². The fourth-order valence-electron chi connectivity index (χ4n) is 1.52. The molecule has 0 atom stereocenters. The van der Waals surface area contributed by atoms with Crippen LogP contribution in [0.25, 0.3) is 6.08 Å². The molecule has 0 unspecified atom stereocenters. The van der Waals surface area contributed by atoms with Crippen LogP contribution in [-0.4, -0.2) is 29.9 Å². The number of ether oxygens (including phenoxy) is 1. The number of ketones is 1. The number of carbonyl (C=O) groups excluding carboxylic acids is 2. The normalized spacial score (nSPS) is 10.4. The van der Waals surface area contributed by atoms with E-state index >= 15 is 0 Å². The number of benzene rings is 1. The molecule has 0 saturated carbocycles. The number of aliphatic carboxylic acids is 1. The van der Waals surface area contributed by atoms with Crippen LogP contribution >= 0.6 is 0 Å². The quantitative estimate of drug-likeness (QED) is 0.610. The first-order valence-corrected chi connectivity index (χ1v) is 6.11. The second kappa shape index (κ2) is 7.89. The maximum Gasteiger partial charge on any atom is 0.309 e. The van der Waals surface area contributed by atoms with Crippen LogP contribution in [0.15, 0.2) is 30.3 Å². The number of carboxylic acids is 1. The number of hydrogen-bond acceptors (Lipinski definition) is 4. The molecule has 0 radical (unpaired) electrons. The fourth-order valence-corrected chi connectivity index (χ4v) is 1.52. The standard InChI is InChI=1S/C15H16O5/c1-20-15(19)4-2-3-11-5-7-12(8-6-11)13(16)9-10-14(17)18/h2-3,5-8H,4,9-10H2,1H3,(H,17,18). The summed E-state index contributed by atoms with van der Waals surface area (Å²) < 4.78 is 4.50. The first-order valence-electron chi connectivity index (χ1n) is 6.11. The minimum absolute atomic E-state index is 0.00708. The van der Waals surface area contributed by atoms with Gasteiger partial charge in [-0.15, -0.1) is 0 Å². The number of carbonyl (C=O) groups is 3. The van der Waals surface area contributed by atoms with E-state index in [0.717, 1.165) is 5.56 Å². The van der Waals surface area contributed by atoms with Crippen LogP contribution in [-0.2, 0) is 14.3 Å². The molecule has 0 aliphatic heterocycles. The Labute approximate surface area is 116 Å². The average Bonchev–Trinajstić information content (AvgIpc) is 2.45. The molecule has 1 N–H and O–H groups in total. The smallest absolute Gasteiger partial charge is 0.309 e. The summed E-state index contributed by atoms with van der Waals surface area (Å²) in [7, 11) is 1.33. The van der Waals surface area contributed by atoms with Crippen LogP contribution in [0.3, 0.4) is 0 Å². The van der Waals surface area contributed by atoms with E-state index in [9.17, 15) is 14.4 Å². The monoisotopic (exact) mass is 276 g/mol. The zero-order valence-electron chi connectivity index (χ0n) is 11.2. The molecule has 20 heavy (non-hydrogen) atoms. The van der Waals surface area contributed by atoms with E-state index in [2.05, 4.69) is 4.74 Å². The first-order chi connectivity index (χ1) is 9.52. The van der Waals surface area contributed by atoms with Crippen LogP contribution < -0.4 is 0 Å². The molecular weight excluding hydrogens is 260 g/mol. The van der Waals surface area contributed by atoms with Crippen molar-refractivity contribution in [1.82, 2.24) is 0 Å². The van der Waals surface area contributed by atoms with Crippen molar-refractivity contribution in [2.24, 2.45) is 0 Å². The van der Waals surface area contributed by atoms with Gasteiger partial charge in [0.15, 0.2) is 5.78 Å². The van der Waals surface area contributed by atoms with Crippen LogP contribution in [0, 0.1) is 0 Å². The van der Waals surface area contributed by atoms with Crippen molar-refractivity contribution >= 4 is 23.8 Å². The van der Waals surface area contributed by atoms with E-state index in [4.69, 9.17) is 5.11 Å². The van der Waals surface area contributed by atoms with Gasteiger partial charge in [-0.1, -0.05) is 36.4 Å². The highest BCUT2D eigenvalue weighted by Gasteiger charge is 2.07. The molecule has 106 valence electrons. The largest absolute Gasteiger partial charge is 0.481 e. The predicted octanol–water partition coefficient (Wildman–Crippen LogP) is 2.31. The highest BCUT2D eigenvalue weighted by Crippen LogP contribution is 2.10. The molecule has 5 heteroatoms. The van der Waals surface area contributed by atoms with Gasteiger partial charge in [-0.05, 0) is 5.56 Å². The Morgan fingerprint density at radius 1 is 1.15 bits per heavy atom. The van der Waals surface area contributed by atoms with Gasteiger partial charge in [0.1, 0.15) is 0 Å². The Morgan fingerprint density at radius 3 is 2.35 bits per heavy atom. The second-order valence-electron chi connectivity index (χ2n) is 4.12. The third kappa shape index (κ3) is 5.48. The van der Waals surface area contributed by atoms with Gasteiger partial charge in [-0.25, -0.2) is 0 Å². The summed E-state index contributed by atoms with van der Waals surface area (Å²) in [5.74, 6) is -1.50. The summed E-state index contributed by atoms with van der Waals surface area (Å²) in [6, 6.07) is 6.76. The molecule has 0 amide bonds. The van der Waals surface area contributed by atoms with Crippen LogP contribution in [0.5, 0.6) is 0 Å². The Hall–Kier alpha value is -2.43. The van der Waals surface area contributed by atoms with E-state index in [1.807, 2.05) is 0 Å². The highest BCUT2D eigenvalue weighted by atomic mass is 16.5. The Balaban J connectivity index is 2.57.